The van der Waals surface area contributed by atoms with Gasteiger partial charge in [0, 0.05) is 31.6 Å². The van der Waals surface area contributed by atoms with Crippen molar-refractivity contribution < 1.29 is 19.3 Å². The first-order valence-electron chi connectivity index (χ1n) is 9.56. The zero-order chi connectivity index (χ0) is 23.1. The van der Waals surface area contributed by atoms with Crippen LogP contribution < -0.4 is 16.4 Å². The zero-order valence-corrected chi connectivity index (χ0v) is 17.4. The standard InChI is InChI=1S/C19H25N7O5/c1-11(2)19(29)22-14(13-6-4-5-7-16(13)26(30)31)9-17(27)21-15(18(20)28)8-12-10-25(3)24-23-12/h4-7,10-11,14-15H,8-9H2,1-3H3,(H2,20,28)(H,21,27)(H,22,29). The Labute approximate surface area is 178 Å². The number of aromatic nitrogens is 3. The molecule has 0 spiro atoms. The number of nitro groups is 1. The van der Waals surface area contributed by atoms with Crippen molar-refractivity contribution in [2.45, 2.75) is 38.8 Å². The van der Waals surface area contributed by atoms with Crippen LogP contribution in [0.3, 0.4) is 0 Å². The van der Waals surface area contributed by atoms with Crippen LogP contribution in [0, 0.1) is 16.0 Å². The molecule has 0 saturated heterocycles. The quantitative estimate of drug-likeness (QED) is 0.354. The first-order chi connectivity index (χ1) is 14.6. The van der Waals surface area contributed by atoms with E-state index in [1.165, 1.54) is 22.9 Å². The number of nitrogens with one attached hydrogen (secondary N) is 2. The molecule has 3 amide bonds. The number of carbonyl (C=O) groups is 3. The van der Waals surface area contributed by atoms with Gasteiger partial charge in [-0.25, -0.2) is 0 Å². The van der Waals surface area contributed by atoms with Crippen molar-refractivity contribution in [2.75, 3.05) is 0 Å². The number of carbonyl (C=O) groups excluding carboxylic acids is 3. The van der Waals surface area contributed by atoms with Crippen molar-refractivity contribution in [3.05, 3.63) is 51.8 Å². The molecule has 12 nitrogen and oxygen atoms in total. The lowest BCUT2D eigenvalue weighted by atomic mass is 9.99. The number of hydrogen-bond donors (Lipinski definition) is 3. The van der Waals surface area contributed by atoms with Crippen LogP contribution in [-0.2, 0) is 27.9 Å². The second-order valence-electron chi connectivity index (χ2n) is 7.35. The summed E-state index contributed by atoms with van der Waals surface area (Å²) in [5.41, 5.74) is 5.81. The summed E-state index contributed by atoms with van der Waals surface area (Å²) in [6.07, 6.45) is 1.29. The third kappa shape index (κ3) is 6.59. The van der Waals surface area contributed by atoms with Crippen molar-refractivity contribution in [1.82, 2.24) is 25.6 Å². The van der Waals surface area contributed by atoms with Crippen LogP contribution in [-0.4, -0.2) is 43.7 Å². The van der Waals surface area contributed by atoms with Gasteiger partial charge in [0.2, 0.25) is 17.7 Å². The smallest absolute Gasteiger partial charge is 0.274 e. The lowest BCUT2D eigenvalue weighted by molar-refractivity contribution is -0.385. The maximum atomic E-state index is 12.7. The average molecular weight is 431 g/mol. The van der Waals surface area contributed by atoms with E-state index in [2.05, 4.69) is 20.9 Å². The van der Waals surface area contributed by atoms with E-state index in [9.17, 15) is 24.5 Å². The Balaban J connectivity index is 2.22. The SMILES string of the molecule is CC(C)C(=O)NC(CC(=O)NC(Cc1cn(C)nn1)C(N)=O)c1ccccc1[N+](=O)[O-]. The van der Waals surface area contributed by atoms with E-state index in [0.29, 0.717) is 5.69 Å². The van der Waals surface area contributed by atoms with E-state index in [1.54, 1.807) is 33.2 Å². The molecule has 166 valence electrons. The van der Waals surface area contributed by atoms with Gasteiger partial charge in [-0.1, -0.05) is 37.3 Å². The number of nitrogens with zero attached hydrogens (tertiary/aromatic N) is 4. The van der Waals surface area contributed by atoms with Crippen LogP contribution in [0.4, 0.5) is 5.69 Å². The molecule has 0 radical (unpaired) electrons. The van der Waals surface area contributed by atoms with E-state index in [1.807, 2.05) is 0 Å². The predicted octanol–water partition coefficient (Wildman–Crippen LogP) is 0.140. The first kappa shape index (κ1) is 23.4. The fraction of sp³-hybridized carbons (Fsp3) is 0.421. The number of rotatable bonds is 10. The number of benzene rings is 1. The highest BCUT2D eigenvalue weighted by molar-refractivity contribution is 5.87. The Kier molecular flexibility index (Phi) is 7.77. The minimum Gasteiger partial charge on any atom is -0.368 e. The summed E-state index contributed by atoms with van der Waals surface area (Å²) in [6, 6.07) is 3.81. The van der Waals surface area contributed by atoms with Gasteiger partial charge in [0.1, 0.15) is 6.04 Å². The molecule has 1 aromatic carbocycles. The normalized spacial score (nSPS) is 12.8. The molecule has 1 aromatic heterocycles. The number of amides is 3. The minimum atomic E-state index is -1.06. The largest absolute Gasteiger partial charge is 0.368 e. The number of para-hydroxylation sites is 1. The molecule has 2 rings (SSSR count). The van der Waals surface area contributed by atoms with Gasteiger partial charge in [-0.15, -0.1) is 5.10 Å². The predicted molar refractivity (Wildman–Crippen MR) is 109 cm³/mol. The molecule has 2 aromatic rings. The summed E-state index contributed by atoms with van der Waals surface area (Å²) in [4.78, 5) is 47.6. The lowest BCUT2D eigenvalue weighted by Crippen LogP contribution is -2.47. The Morgan fingerprint density at radius 2 is 1.90 bits per heavy atom. The Morgan fingerprint density at radius 3 is 2.45 bits per heavy atom. The minimum absolute atomic E-state index is 0.0312. The third-order valence-electron chi connectivity index (χ3n) is 4.48. The van der Waals surface area contributed by atoms with Crippen molar-refractivity contribution in [2.24, 2.45) is 18.7 Å². The van der Waals surface area contributed by atoms with Gasteiger partial charge in [-0.3, -0.25) is 29.2 Å². The summed E-state index contributed by atoms with van der Waals surface area (Å²) in [7, 11) is 1.66. The van der Waals surface area contributed by atoms with Crippen LogP contribution in [0.1, 0.15) is 37.6 Å². The van der Waals surface area contributed by atoms with Gasteiger partial charge >= 0.3 is 0 Å². The zero-order valence-electron chi connectivity index (χ0n) is 17.4. The molecule has 2 unspecified atom stereocenters. The van der Waals surface area contributed by atoms with Crippen molar-refractivity contribution >= 4 is 23.4 Å². The third-order valence-corrected chi connectivity index (χ3v) is 4.48. The molecule has 0 aliphatic heterocycles. The van der Waals surface area contributed by atoms with Crippen molar-refractivity contribution in [3.8, 4) is 0 Å². The molecular formula is C19H25N7O5. The van der Waals surface area contributed by atoms with Gasteiger partial charge in [-0.2, -0.15) is 0 Å². The molecule has 31 heavy (non-hydrogen) atoms. The van der Waals surface area contributed by atoms with E-state index in [-0.39, 0.29) is 30.0 Å². The summed E-state index contributed by atoms with van der Waals surface area (Å²) < 4.78 is 1.45. The van der Waals surface area contributed by atoms with Crippen molar-refractivity contribution in [3.63, 3.8) is 0 Å². The number of nitrogens with two attached hydrogens (primary N) is 1. The molecule has 0 aliphatic carbocycles. The maximum Gasteiger partial charge on any atom is 0.274 e. The average Bonchev–Trinajstić information content (AvgIpc) is 3.11. The molecule has 2 atom stereocenters. The molecule has 12 heteroatoms. The second kappa shape index (κ2) is 10.3. The van der Waals surface area contributed by atoms with E-state index in [0.717, 1.165) is 0 Å². The fourth-order valence-corrected chi connectivity index (χ4v) is 2.88. The molecule has 0 aliphatic rings. The highest BCUT2D eigenvalue weighted by Gasteiger charge is 2.28. The molecule has 4 N–H and O–H groups in total. The van der Waals surface area contributed by atoms with Gasteiger partial charge < -0.3 is 16.4 Å². The number of hydrogen-bond acceptors (Lipinski definition) is 7. The first-order valence-corrected chi connectivity index (χ1v) is 9.56. The molecule has 0 fully saturated rings. The number of primary amides is 1. The summed E-state index contributed by atoms with van der Waals surface area (Å²) >= 11 is 0. The van der Waals surface area contributed by atoms with Crippen LogP contribution in [0.15, 0.2) is 30.5 Å². The van der Waals surface area contributed by atoms with Gasteiger partial charge in [0.25, 0.3) is 5.69 Å². The summed E-state index contributed by atoms with van der Waals surface area (Å²) in [5, 5.41) is 24.2. The topological polar surface area (TPSA) is 175 Å². The molecule has 0 bridgehead atoms. The fourth-order valence-electron chi connectivity index (χ4n) is 2.88. The highest BCUT2D eigenvalue weighted by atomic mass is 16.6. The van der Waals surface area contributed by atoms with E-state index < -0.39 is 34.7 Å². The Hall–Kier alpha value is -3.83. The van der Waals surface area contributed by atoms with Crippen LogP contribution in [0.2, 0.25) is 0 Å². The van der Waals surface area contributed by atoms with Crippen molar-refractivity contribution in [1.29, 1.82) is 0 Å². The Morgan fingerprint density at radius 1 is 1.23 bits per heavy atom. The van der Waals surface area contributed by atoms with Gasteiger partial charge in [0.05, 0.1) is 28.6 Å². The summed E-state index contributed by atoms with van der Waals surface area (Å²) in [5.74, 6) is -2.15. The number of nitro benzene ring substituents is 1. The molecule has 0 saturated carbocycles. The molecular weight excluding hydrogens is 406 g/mol. The monoisotopic (exact) mass is 431 g/mol. The summed E-state index contributed by atoms with van der Waals surface area (Å²) in [6.45, 7) is 3.33. The highest BCUT2D eigenvalue weighted by Crippen LogP contribution is 2.27. The van der Waals surface area contributed by atoms with E-state index in [4.69, 9.17) is 5.73 Å². The van der Waals surface area contributed by atoms with E-state index >= 15 is 0 Å². The Bertz CT molecular complexity index is 972. The van der Waals surface area contributed by atoms with Crippen LogP contribution >= 0.6 is 0 Å². The maximum absolute atomic E-state index is 12.7. The van der Waals surface area contributed by atoms with Gasteiger partial charge in [-0.05, 0) is 0 Å². The number of aryl methyl sites for hydroxylation is 1. The van der Waals surface area contributed by atoms with Crippen LogP contribution in [0.5, 0.6) is 0 Å². The molecule has 1 heterocycles. The lowest BCUT2D eigenvalue weighted by Gasteiger charge is -2.21. The van der Waals surface area contributed by atoms with Crippen LogP contribution in [0.25, 0.3) is 0 Å². The van der Waals surface area contributed by atoms with Gasteiger partial charge in [0.15, 0.2) is 0 Å². The second-order valence-corrected chi connectivity index (χ2v) is 7.35.